The summed E-state index contributed by atoms with van der Waals surface area (Å²) in [5, 5.41) is 3.14. The Morgan fingerprint density at radius 3 is 2.83 bits per heavy atom. The van der Waals surface area contributed by atoms with Gasteiger partial charge in [0.15, 0.2) is 0 Å². The highest BCUT2D eigenvalue weighted by Crippen LogP contribution is 2.32. The van der Waals surface area contributed by atoms with Crippen molar-refractivity contribution >= 4 is 35.3 Å². The summed E-state index contributed by atoms with van der Waals surface area (Å²) < 4.78 is 1.01. The van der Waals surface area contributed by atoms with Gasteiger partial charge >= 0.3 is 0 Å². The van der Waals surface area contributed by atoms with Crippen LogP contribution in [0.3, 0.4) is 0 Å². The van der Waals surface area contributed by atoms with Gasteiger partial charge in [-0.05, 0) is 18.4 Å². The summed E-state index contributed by atoms with van der Waals surface area (Å²) in [6.07, 6.45) is 0. The maximum atomic E-state index is 4.41. The summed E-state index contributed by atoms with van der Waals surface area (Å²) in [6.45, 7) is 1.98. The average Bonchev–Trinajstić information content (AvgIpc) is 2.61. The first-order valence-electron chi connectivity index (χ1n) is 3.47. The molecule has 1 nitrogen and oxygen atoms in total. The molecule has 12 heavy (non-hydrogen) atoms. The largest absolute Gasteiger partial charge is 0.239 e. The minimum atomic E-state index is 1.01. The van der Waals surface area contributed by atoms with Crippen LogP contribution in [0, 0.1) is 6.92 Å². The minimum absolute atomic E-state index is 1.01. The maximum absolute atomic E-state index is 4.41. The third-order valence-electron chi connectivity index (χ3n) is 1.50. The number of thiazole rings is 1. The molecule has 0 aliphatic rings. The molecule has 0 aromatic carbocycles. The van der Waals surface area contributed by atoms with Gasteiger partial charge in [-0.1, -0.05) is 6.07 Å². The number of aryl methyl sites for hydroxylation is 1. The van der Waals surface area contributed by atoms with Crippen molar-refractivity contribution in [3.8, 4) is 9.88 Å². The number of nitrogens with zero attached hydrogens (tertiary/aromatic N) is 1. The highest BCUT2D eigenvalue weighted by molar-refractivity contribution is 7.83. The highest BCUT2D eigenvalue weighted by atomic mass is 32.2. The van der Waals surface area contributed by atoms with Gasteiger partial charge in [0.2, 0.25) is 0 Å². The molecule has 0 fully saturated rings. The Morgan fingerprint density at radius 2 is 2.33 bits per heavy atom. The smallest absolute Gasteiger partial charge is 0.134 e. The number of thiol groups is 1. The minimum Gasteiger partial charge on any atom is -0.239 e. The topological polar surface area (TPSA) is 12.9 Å². The second-order valence-electron chi connectivity index (χ2n) is 2.39. The predicted octanol–water partition coefficient (Wildman–Crippen LogP) is 3.47. The van der Waals surface area contributed by atoms with E-state index in [4.69, 9.17) is 0 Å². The van der Waals surface area contributed by atoms with Crippen molar-refractivity contribution in [2.75, 3.05) is 0 Å². The fraction of sp³-hybridized carbons (Fsp3) is 0.125. The van der Waals surface area contributed by atoms with Crippen LogP contribution in [0.4, 0.5) is 0 Å². The van der Waals surface area contributed by atoms with Crippen LogP contribution >= 0.6 is 35.3 Å². The lowest BCUT2D eigenvalue weighted by Crippen LogP contribution is -1.71. The standard InChI is InChI=1S/C8H7NS3/c1-5-8(10)12-7(9-5)6-3-2-4-11-6/h2-4,10H,1H3. The van der Waals surface area contributed by atoms with Gasteiger partial charge in [0.25, 0.3) is 0 Å². The van der Waals surface area contributed by atoms with E-state index in [0.717, 1.165) is 14.9 Å². The molecular weight excluding hydrogens is 206 g/mol. The van der Waals surface area contributed by atoms with E-state index < -0.39 is 0 Å². The van der Waals surface area contributed by atoms with Crippen molar-refractivity contribution in [1.82, 2.24) is 4.98 Å². The fourth-order valence-electron chi connectivity index (χ4n) is 0.894. The molecule has 0 saturated heterocycles. The van der Waals surface area contributed by atoms with Crippen molar-refractivity contribution in [3.63, 3.8) is 0 Å². The van der Waals surface area contributed by atoms with Crippen LogP contribution in [0.25, 0.3) is 9.88 Å². The van der Waals surface area contributed by atoms with Crippen LogP contribution in [0.5, 0.6) is 0 Å². The molecule has 2 aromatic heterocycles. The van der Waals surface area contributed by atoms with Gasteiger partial charge < -0.3 is 0 Å². The van der Waals surface area contributed by atoms with Crippen molar-refractivity contribution in [2.24, 2.45) is 0 Å². The lowest BCUT2D eigenvalue weighted by molar-refractivity contribution is 1.22. The summed E-state index contributed by atoms with van der Waals surface area (Å²) in [7, 11) is 0. The molecule has 4 heteroatoms. The second kappa shape index (κ2) is 3.20. The summed E-state index contributed by atoms with van der Waals surface area (Å²) in [4.78, 5) is 5.63. The summed E-state index contributed by atoms with van der Waals surface area (Å²) in [5.74, 6) is 0. The molecular formula is C8H7NS3. The first kappa shape index (κ1) is 8.29. The molecule has 0 unspecified atom stereocenters. The normalized spacial score (nSPS) is 10.5. The number of aromatic nitrogens is 1. The fourth-order valence-corrected chi connectivity index (χ4v) is 2.81. The first-order valence-corrected chi connectivity index (χ1v) is 5.62. The first-order chi connectivity index (χ1) is 5.77. The van der Waals surface area contributed by atoms with E-state index in [2.05, 4.69) is 29.1 Å². The van der Waals surface area contributed by atoms with E-state index in [1.807, 2.05) is 13.0 Å². The molecule has 0 N–H and O–H groups in total. The molecule has 0 saturated carbocycles. The Labute approximate surface area is 84.5 Å². The number of rotatable bonds is 1. The zero-order valence-electron chi connectivity index (χ0n) is 6.44. The highest BCUT2D eigenvalue weighted by Gasteiger charge is 2.06. The SMILES string of the molecule is Cc1nc(-c2cccs2)sc1S. The number of thiophene rings is 1. The van der Waals surface area contributed by atoms with Crippen molar-refractivity contribution in [2.45, 2.75) is 11.1 Å². The molecule has 0 aliphatic carbocycles. The summed E-state index contributed by atoms with van der Waals surface area (Å²) in [5.41, 5.74) is 1.02. The Bertz CT molecular complexity index is 355. The Balaban J connectivity index is 2.48. The van der Waals surface area contributed by atoms with Crippen LogP contribution in [0.15, 0.2) is 21.7 Å². The molecule has 0 radical (unpaired) electrons. The zero-order chi connectivity index (χ0) is 8.55. The van der Waals surface area contributed by atoms with Crippen molar-refractivity contribution < 1.29 is 0 Å². The Kier molecular flexibility index (Phi) is 2.21. The molecule has 0 bridgehead atoms. The molecule has 0 spiro atoms. The van der Waals surface area contributed by atoms with Crippen LogP contribution in [0.2, 0.25) is 0 Å². The molecule has 0 amide bonds. The van der Waals surface area contributed by atoms with Crippen LogP contribution in [-0.2, 0) is 0 Å². The van der Waals surface area contributed by atoms with Crippen molar-refractivity contribution in [1.29, 1.82) is 0 Å². The number of hydrogen-bond donors (Lipinski definition) is 1. The van der Waals surface area contributed by atoms with Gasteiger partial charge in [-0.25, -0.2) is 4.98 Å². The van der Waals surface area contributed by atoms with E-state index in [1.165, 1.54) is 4.88 Å². The van der Waals surface area contributed by atoms with E-state index >= 15 is 0 Å². The van der Waals surface area contributed by atoms with Crippen LogP contribution < -0.4 is 0 Å². The molecule has 0 atom stereocenters. The molecule has 2 rings (SSSR count). The average molecular weight is 213 g/mol. The van der Waals surface area contributed by atoms with Crippen LogP contribution in [0.1, 0.15) is 5.69 Å². The van der Waals surface area contributed by atoms with E-state index in [-0.39, 0.29) is 0 Å². The molecule has 62 valence electrons. The van der Waals surface area contributed by atoms with Crippen LogP contribution in [-0.4, -0.2) is 4.98 Å². The van der Waals surface area contributed by atoms with Gasteiger partial charge in [-0.2, -0.15) is 0 Å². The van der Waals surface area contributed by atoms with E-state index in [0.29, 0.717) is 0 Å². The van der Waals surface area contributed by atoms with Gasteiger partial charge in [-0.15, -0.1) is 35.3 Å². The molecule has 2 aromatic rings. The number of hydrogen-bond acceptors (Lipinski definition) is 4. The third-order valence-corrected chi connectivity index (χ3v) is 4.10. The second-order valence-corrected chi connectivity index (χ2v) is 5.08. The van der Waals surface area contributed by atoms with Gasteiger partial charge in [-0.3, -0.25) is 0 Å². The zero-order valence-corrected chi connectivity index (χ0v) is 8.97. The Hall–Kier alpha value is -0.320. The maximum Gasteiger partial charge on any atom is 0.134 e. The predicted molar refractivity (Wildman–Crippen MR) is 57.4 cm³/mol. The monoisotopic (exact) mass is 213 g/mol. The van der Waals surface area contributed by atoms with E-state index in [9.17, 15) is 0 Å². The van der Waals surface area contributed by atoms with Gasteiger partial charge in [0, 0.05) is 0 Å². The quantitative estimate of drug-likeness (QED) is 0.716. The molecule has 2 heterocycles. The van der Waals surface area contributed by atoms with Gasteiger partial charge in [0.05, 0.1) is 14.8 Å². The van der Waals surface area contributed by atoms with Crippen molar-refractivity contribution in [3.05, 3.63) is 23.2 Å². The Morgan fingerprint density at radius 1 is 1.50 bits per heavy atom. The van der Waals surface area contributed by atoms with E-state index in [1.54, 1.807) is 22.7 Å². The van der Waals surface area contributed by atoms with Gasteiger partial charge in [0.1, 0.15) is 5.01 Å². The lowest BCUT2D eigenvalue weighted by atomic mass is 10.5. The molecule has 0 aliphatic heterocycles. The summed E-state index contributed by atoms with van der Waals surface area (Å²) >= 11 is 7.66. The third kappa shape index (κ3) is 1.42. The summed E-state index contributed by atoms with van der Waals surface area (Å²) in [6, 6.07) is 4.12. The lowest BCUT2D eigenvalue weighted by Gasteiger charge is -1.84.